The molecule has 168 valence electrons. The Morgan fingerprint density at radius 2 is 1.85 bits per heavy atom. The van der Waals surface area contributed by atoms with Gasteiger partial charge < -0.3 is 9.64 Å². The summed E-state index contributed by atoms with van der Waals surface area (Å²) in [5.74, 6) is -0.0970. The Morgan fingerprint density at radius 1 is 1.12 bits per heavy atom. The fraction of sp³-hybridized carbons (Fsp3) is 0.160. The molecule has 33 heavy (non-hydrogen) atoms. The van der Waals surface area contributed by atoms with Gasteiger partial charge in [0.25, 0.3) is 0 Å². The third-order valence-corrected chi connectivity index (χ3v) is 6.15. The van der Waals surface area contributed by atoms with E-state index in [-0.39, 0.29) is 18.2 Å². The summed E-state index contributed by atoms with van der Waals surface area (Å²) >= 11 is 9.52. The number of nitrogens with one attached hydrogen (secondary N) is 1. The third kappa shape index (κ3) is 6.00. The largest absolute Gasteiger partial charge is 0.489 e. The Balaban J connectivity index is 1.27. The maximum absolute atomic E-state index is 12.5. The van der Waals surface area contributed by atoms with Crippen LogP contribution in [0.3, 0.4) is 0 Å². The number of rotatable bonds is 7. The van der Waals surface area contributed by atoms with Gasteiger partial charge in [0.15, 0.2) is 0 Å². The number of nitrogens with zero attached hydrogens (tertiary/aromatic N) is 2. The molecule has 1 aliphatic rings. The highest BCUT2D eigenvalue weighted by molar-refractivity contribution is 9.10. The van der Waals surface area contributed by atoms with Gasteiger partial charge in [-0.05, 0) is 60.2 Å². The third-order valence-electron chi connectivity index (χ3n) is 5.25. The first-order valence-electron chi connectivity index (χ1n) is 10.3. The molecule has 1 aliphatic heterocycles. The summed E-state index contributed by atoms with van der Waals surface area (Å²) in [6.07, 6.45) is 1.72. The van der Waals surface area contributed by atoms with Crippen LogP contribution in [-0.4, -0.2) is 24.6 Å². The molecular weight excluding hydrogens is 506 g/mol. The standard InChI is InChI=1S/C25H21BrClN3O3/c26-20-7-9-21(10-8-20)30-15-19(13-24(30)31)25(32)29-28-14-17-5-11-22(12-6-17)33-16-18-3-1-2-4-23(18)27/h1-12,14,19H,13,15-16H2,(H,29,32)/b28-14+. The molecule has 3 aromatic rings. The van der Waals surface area contributed by atoms with E-state index in [0.717, 1.165) is 21.3 Å². The molecular formula is C25H21BrClN3O3. The minimum absolute atomic E-state index is 0.0752. The van der Waals surface area contributed by atoms with Gasteiger partial charge in [-0.3, -0.25) is 9.59 Å². The van der Waals surface area contributed by atoms with Gasteiger partial charge in [-0.1, -0.05) is 45.7 Å². The van der Waals surface area contributed by atoms with Gasteiger partial charge in [-0.2, -0.15) is 5.10 Å². The summed E-state index contributed by atoms with van der Waals surface area (Å²) in [5.41, 5.74) is 5.04. The first-order chi connectivity index (χ1) is 16.0. The first-order valence-corrected chi connectivity index (χ1v) is 11.5. The van der Waals surface area contributed by atoms with E-state index in [4.69, 9.17) is 16.3 Å². The zero-order chi connectivity index (χ0) is 23.2. The van der Waals surface area contributed by atoms with Crippen LogP contribution in [0.1, 0.15) is 17.5 Å². The highest BCUT2D eigenvalue weighted by Crippen LogP contribution is 2.26. The maximum atomic E-state index is 12.5. The van der Waals surface area contributed by atoms with Crippen LogP contribution < -0.4 is 15.1 Å². The molecule has 0 aromatic heterocycles. The van der Waals surface area contributed by atoms with E-state index in [1.54, 1.807) is 11.1 Å². The van der Waals surface area contributed by atoms with E-state index in [2.05, 4.69) is 26.5 Å². The average molecular weight is 527 g/mol. The summed E-state index contributed by atoms with van der Waals surface area (Å²) in [5, 5.41) is 4.70. The smallest absolute Gasteiger partial charge is 0.245 e. The lowest BCUT2D eigenvalue weighted by Crippen LogP contribution is -2.30. The SMILES string of the molecule is O=C(N/N=C/c1ccc(OCc2ccccc2Cl)cc1)C1CC(=O)N(c2ccc(Br)cc2)C1. The lowest BCUT2D eigenvalue weighted by atomic mass is 10.1. The topological polar surface area (TPSA) is 71.0 Å². The summed E-state index contributed by atoms with van der Waals surface area (Å²) < 4.78 is 6.70. The summed E-state index contributed by atoms with van der Waals surface area (Å²) in [4.78, 5) is 26.4. The molecule has 1 saturated heterocycles. The number of amides is 2. The van der Waals surface area contributed by atoms with E-state index < -0.39 is 5.92 Å². The van der Waals surface area contributed by atoms with Gasteiger partial charge in [-0.25, -0.2) is 5.43 Å². The van der Waals surface area contributed by atoms with Crippen molar-refractivity contribution in [3.8, 4) is 5.75 Å². The molecule has 0 bridgehead atoms. The van der Waals surface area contributed by atoms with Gasteiger partial charge in [0.1, 0.15) is 12.4 Å². The molecule has 0 radical (unpaired) electrons. The number of carbonyl (C=O) groups is 2. The number of halogens is 2. The number of benzene rings is 3. The molecule has 0 aliphatic carbocycles. The van der Waals surface area contributed by atoms with Crippen LogP contribution >= 0.6 is 27.5 Å². The molecule has 1 heterocycles. The number of ether oxygens (including phenoxy) is 1. The molecule has 6 nitrogen and oxygen atoms in total. The predicted octanol–water partition coefficient (Wildman–Crippen LogP) is 5.18. The number of hydrogen-bond acceptors (Lipinski definition) is 4. The van der Waals surface area contributed by atoms with Crippen molar-refractivity contribution < 1.29 is 14.3 Å². The van der Waals surface area contributed by atoms with Crippen molar-refractivity contribution in [2.24, 2.45) is 11.0 Å². The van der Waals surface area contributed by atoms with Crippen molar-refractivity contribution in [1.29, 1.82) is 0 Å². The molecule has 0 saturated carbocycles. The van der Waals surface area contributed by atoms with E-state index in [9.17, 15) is 9.59 Å². The van der Waals surface area contributed by atoms with Crippen molar-refractivity contribution in [1.82, 2.24) is 5.43 Å². The minimum Gasteiger partial charge on any atom is -0.489 e. The van der Waals surface area contributed by atoms with E-state index in [0.29, 0.717) is 23.9 Å². The van der Waals surface area contributed by atoms with E-state index in [1.165, 1.54) is 0 Å². The van der Waals surface area contributed by atoms with Gasteiger partial charge in [0.05, 0.1) is 12.1 Å². The van der Waals surface area contributed by atoms with E-state index in [1.807, 2.05) is 72.8 Å². The molecule has 0 spiro atoms. The average Bonchev–Trinajstić information content (AvgIpc) is 3.21. The van der Waals surface area contributed by atoms with Crippen LogP contribution in [0.15, 0.2) is 82.4 Å². The van der Waals surface area contributed by atoms with Crippen molar-refractivity contribution in [3.05, 3.63) is 93.4 Å². The summed E-state index contributed by atoms with van der Waals surface area (Å²) in [7, 11) is 0. The highest BCUT2D eigenvalue weighted by atomic mass is 79.9. The van der Waals surface area contributed by atoms with Crippen LogP contribution in [0, 0.1) is 5.92 Å². The Morgan fingerprint density at radius 3 is 2.58 bits per heavy atom. The summed E-state index contributed by atoms with van der Waals surface area (Å²) in [6, 6.07) is 22.3. The number of carbonyl (C=O) groups excluding carboxylic acids is 2. The fourth-order valence-electron chi connectivity index (χ4n) is 3.44. The van der Waals surface area contributed by atoms with Crippen LogP contribution in [0.5, 0.6) is 5.75 Å². The lowest BCUT2D eigenvalue weighted by molar-refractivity contribution is -0.126. The molecule has 1 fully saturated rings. The second-order valence-electron chi connectivity index (χ2n) is 7.57. The van der Waals surface area contributed by atoms with Gasteiger partial charge in [0.2, 0.25) is 11.8 Å². The molecule has 8 heteroatoms. The lowest BCUT2D eigenvalue weighted by Gasteiger charge is -2.16. The predicted molar refractivity (Wildman–Crippen MR) is 133 cm³/mol. The normalized spacial score (nSPS) is 15.8. The highest BCUT2D eigenvalue weighted by Gasteiger charge is 2.35. The molecule has 1 unspecified atom stereocenters. The van der Waals surface area contributed by atoms with Gasteiger partial charge in [-0.15, -0.1) is 0 Å². The number of hydrogen-bond donors (Lipinski definition) is 1. The number of hydrazone groups is 1. The quantitative estimate of drug-likeness (QED) is 0.340. The second-order valence-corrected chi connectivity index (χ2v) is 8.89. The van der Waals surface area contributed by atoms with Crippen LogP contribution in [-0.2, 0) is 16.2 Å². The summed E-state index contributed by atoms with van der Waals surface area (Å²) in [6.45, 7) is 0.708. The van der Waals surface area contributed by atoms with Crippen molar-refractivity contribution in [3.63, 3.8) is 0 Å². The van der Waals surface area contributed by atoms with E-state index >= 15 is 0 Å². The second kappa shape index (κ2) is 10.6. The van der Waals surface area contributed by atoms with Crippen LogP contribution in [0.25, 0.3) is 0 Å². The van der Waals surface area contributed by atoms with Gasteiger partial charge in [0, 0.05) is 33.7 Å². The number of anilines is 1. The molecule has 2 amide bonds. The molecule has 4 rings (SSSR count). The van der Waals surface area contributed by atoms with Crippen LogP contribution in [0.2, 0.25) is 5.02 Å². The van der Waals surface area contributed by atoms with Crippen molar-refractivity contribution in [2.45, 2.75) is 13.0 Å². The monoisotopic (exact) mass is 525 g/mol. The first kappa shape index (κ1) is 23.0. The van der Waals surface area contributed by atoms with Gasteiger partial charge >= 0.3 is 0 Å². The Bertz CT molecular complexity index is 1170. The molecule has 1 atom stereocenters. The Hall–Kier alpha value is -3.16. The van der Waals surface area contributed by atoms with Crippen LogP contribution in [0.4, 0.5) is 5.69 Å². The Kier molecular flexibility index (Phi) is 7.42. The maximum Gasteiger partial charge on any atom is 0.245 e. The van der Waals surface area contributed by atoms with Crippen molar-refractivity contribution in [2.75, 3.05) is 11.4 Å². The Labute approximate surface area is 205 Å². The molecule has 3 aromatic carbocycles. The fourth-order valence-corrected chi connectivity index (χ4v) is 3.90. The molecule has 1 N–H and O–H groups in total. The zero-order valence-corrected chi connectivity index (χ0v) is 19.9. The minimum atomic E-state index is -0.445. The zero-order valence-electron chi connectivity index (χ0n) is 17.6. The van der Waals surface area contributed by atoms with Crippen molar-refractivity contribution >= 4 is 51.2 Å².